The fourth-order valence-corrected chi connectivity index (χ4v) is 4.55. The van der Waals surface area contributed by atoms with E-state index in [9.17, 15) is 13.2 Å². The van der Waals surface area contributed by atoms with Crippen LogP contribution < -0.4 is 10.1 Å². The molecule has 6 nitrogen and oxygen atoms in total. The molecule has 7 heteroatoms. The Hall–Kier alpha value is -2.64. The number of hydrogen-bond donors (Lipinski definition) is 1. The average Bonchev–Trinajstić information content (AvgIpc) is 2.78. The maximum Gasteiger partial charge on any atom is 0.236 e. The molecule has 0 unspecified atom stereocenters. The van der Waals surface area contributed by atoms with Crippen LogP contribution in [0.25, 0.3) is 6.08 Å². The van der Waals surface area contributed by atoms with Gasteiger partial charge in [0.05, 0.1) is 12.3 Å². The van der Waals surface area contributed by atoms with Crippen molar-refractivity contribution in [1.82, 2.24) is 4.31 Å². The molecule has 0 aliphatic carbocycles. The SMILES string of the molecule is CCCOc1ccccc1NC(=O)C1CCN(S(=O)(=O)/C=C/c2ccccc2)CC1. The lowest BCUT2D eigenvalue weighted by atomic mass is 9.97. The second-order valence-electron chi connectivity index (χ2n) is 7.27. The van der Waals surface area contributed by atoms with Crippen LogP contribution in [0.3, 0.4) is 0 Å². The Kier molecular flexibility index (Phi) is 7.65. The van der Waals surface area contributed by atoms with Crippen molar-refractivity contribution in [3.63, 3.8) is 0 Å². The van der Waals surface area contributed by atoms with Crippen LogP contribution >= 0.6 is 0 Å². The first-order chi connectivity index (χ1) is 14.5. The lowest BCUT2D eigenvalue weighted by molar-refractivity contribution is -0.120. The predicted molar refractivity (Wildman–Crippen MR) is 120 cm³/mol. The molecule has 0 aromatic heterocycles. The Morgan fingerprint density at radius 2 is 1.77 bits per heavy atom. The molecule has 30 heavy (non-hydrogen) atoms. The first-order valence-electron chi connectivity index (χ1n) is 10.3. The number of benzene rings is 2. The number of carbonyl (C=O) groups is 1. The van der Waals surface area contributed by atoms with E-state index in [2.05, 4.69) is 5.32 Å². The molecule has 1 aliphatic heterocycles. The van der Waals surface area contributed by atoms with Gasteiger partial charge in [0.25, 0.3) is 0 Å². The topological polar surface area (TPSA) is 75.7 Å². The third-order valence-electron chi connectivity index (χ3n) is 5.02. The fraction of sp³-hybridized carbons (Fsp3) is 0.348. The van der Waals surface area contributed by atoms with Gasteiger partial charge in [-0.1, -0.05) is 49.4 Å². The summed E-state index contributed by atoms with van der Waals surface area (Å²) < 4.78 is 32.3. The standard InChI is InChI=1S/C23H28N2O4S/c1-2-17-29-22-11-7-6-10-21(22)24-23(26)20-12-15-25(16-13-20)30(27,28)18-14-19-8-4-3-5-9-19/h3-11,14,18,20H,2,12-13,15-17H2,1H3,(H,24,26)/b18-14+. The first-order valence-corrected chi connectivity index (χ1v) is 11.8. The number of hydrogen-bond acceptors (Lipinski definition) is 4. The van der Waals surface area contributed by atoms with Gasteiger partial charge in [-0.25, -0.2) is 8.42 Å². The number of nitrogens with one attached hydrogen (secondary N) is 1. The highest BCUT2D eigenvalue weighted by Gasteiger charge is 2.30. The van der Waals surface area contributed by atoms with Gasteiger partial charge < -0.3 is 10.1 Å². The number of anilines is 1. The van der Waals surface area contributed by atoms with E-state index >= 15 is 0 Å². The molecule has 2 aromatic rings. The zero-order valence-electron chi connectivity index (χ0n) is 17.2. The maximum absolute atomic E-state index is 12.7. The van der Waals surface area contributed by atoms with E-state index < -0.39 is 10.0 Å². The van der Waals surface area contributed by atoms with Crippen molar-refractivity contribution in [2.24, 2.45) is 5.92 Å². The van der Waals surface area contributed by atoms with Gasteiger partial charge in [0, 0.05) is 24.4 Å². The molecular formula is C23H28N2O4S. The highest BCUT2D eigenvalue weighted by molar-refractivity contribution is 7.92. The van der Waals surface area contributed by atoms with Crippen molar-refractivity contribution >= 4 is 27.7 Å². The Labute approximate surface area is 178 Å². The van der Waals surface area contributed by atoms with E-state index in [0.717, 1.165) is 12.0 Å². The van der Waals surface area contributed by atoms with Crippen LogP contribution in [0.5, 0.6) is 5.75 Å². The van der Waals surface area contributed by atoms with E-state index in [-0.39, 0.29) is 11.8 Å². The molecule has 0 spiro atoms. The molecular weight excluding hydrogens is 400 g/mol. The van der Waals surface area contributed by atoms with E-state index in [1.54, 1.807) is 6.08 Å². The Morgan fingerprint density at radius 1 is 1.10 bits per heavy atom. The molecule has 2 aromatic carbocycles. The molecule has 0 saturated carbocycles. The monoisotopic (exact) mass is 428 g/mol. The maximum atomic E-state index is 12.7. The van der Waals surface area contributed by atoms with Crippen LogP contribution in [0, 0.1) is 5.92 Å². The molecule has 0 atom stereocenters. The van der Waals surface area contributed by atoms with E-state index in [0.29, 0.717) is 44.0 Å². The largest absolute Gasteiger partial charge is 0.491 e. The van der Waals surface area contributed by atoms with Gasteiger partial charge in [-0.3, -0.25) is 4.79 Å². The summed E-state index contributed by atoms with van der Waals surface area (Å²) in [6, 6.07) is 16.7. The molecule has 0 radical (unpaired) electrons. The van der Waals surface area contributed by atoms with Crippen LogP contribution in [0.4, 0.5) is 5.69 Å². The minimum absolute atomic E-state index is 0.0978. The number of piperidine rings is 1. The second-order valence-corrected chi connectivity index (χ2v) is 9.08. The normalized spacial score (nSPS) is 15.9. The van der Waals surface area contributed by atoms with Gasteiger partial charge in [-0.15, -0.1) is 0 Å². The van der Waals surface area contributed by atoms with Crippen LogP contribution in [0.1, 0.15) is 31.7 Å². The van der Waals surface area contributed by atoms with E-state index in [1.807, 2.05) is 61.5 Å². The van der Waals surface area contributed by atoms with Gasteiger partial charge in [-0.05, 0) is 43.0 Å². The van der Waals surface area contributed by atoms with E-state index in [4.69, 9.17) is 4.74 Å². The van der Waals surface area contributed by atoms with Gasteiger partial charge in [-0.2, -0.15) is 4.31 Å². The van der Waals surface area contributed by atoms with Crippen LogP contribution in [0.2, 0.25) is 0 Å². The lowest BCUT2D eigenvalue weighted by Crippen LogP contribution is -2.40. The number of rotatable bonds is 8. The number of amides is 1. The Morgan fingerprint density at radius 3 is 2.47 bits per heavy atom. The molecule has 160 valence electrons. The summed E-state index contributed by atoms with van der Waals surface area (Å²) >= 11 is 0. The smallest absolute Gasteiger partial charge is 0.236 e. The molecule has 1 saturated heterocycles. The molecule has 1 aliphatic rings. The number of carbonyl (C=O) groups excluding carboxylic acids is 1. The van der Waals surface area contributed by atoms with E-state index in [1.165, 1.54) is 9.71 Å². The lowest BCUT2D eigenvalue weighted by Gasteiger charge is -2.29. The third-order valence-corrected chi connectivity index (χ3v) is 6.59. The average molecular weight is 429 g/mol. The summed E-state index contributed by atoms with van der Waals surface area (Å²) in [6.07, 6.45) is 3.46. The van der Waals surface area contributed by atoms with Crippen LogP contribution in [-0.4, -0.2) is 38.3 Å². The third kappa shape index (κ3) is 5.93. The summed E-state index contributed by atoms with van der Waals surface area (Å²) in [5, 5.41) is 4.18. The molecule has 1 amide bonds. The van der Waals surface area contributed by atoms with Gasteiger partial charge in [0.2, 0.25) is 15.9 Å². The van der Waals surface area contributed by atoms with Gasteiger partial charge >= 0.3 is 0 Å². The fourth-order valence-electron chi connectivity index (χ4n) is 3.33. The Balaban J connectivity index is 1.56. The zero-order valence-corrected chi connectivity index (χ0v) is 18.0. The van der Waals surface area contributed by atoms with Gasteiger partial charge in [0.15, 0.2) is 0 Å². The molecule has 3 rings (SSSR count). The molecule has 1 fully saturated rings. The number of nitrogens with zero attached hydrogens (tertiary/aromatic N) is 1. The molecule has 1 heterocycles. The number of para-hydroxylation sites is 2. The highest BCUT2D eigenvalue weighted by Crippen LogP contribution is 2.27. The summed E-state index contributed by atoms with van der Waals surface area (Å²) in [5.74, 6) is 0.326. The van der Waals surface area contributed by atoms with Crippen molar-refractivity contribution in [3.05, 3.63) is 65.6 Å². The van der Waals surface area contributed by atoms with Crippen molar-refractivity contribution in [1.29, 1.82) is 0 Å². The number of ether oxygens (including phenoxy) is 1. The van der Waals surface area contributed by atoms with Crippen molar-refractivity contribution in [2.75, 3.05) is 25.0 Å². The minimum Gasteiger partial charge on any atom is -0.491 e. The predicted octanol–water partition coefficient (Wildman–Crippen LogP) is 4.13. The summed E-state index contributed by atoms with van der Waals surface area (Å²) in [7, 11) is -3.51. The summed E-state index contributed by atoms with van der Waals surface area (Å²) in [5.41, 5.74) is 1.48. The van der Waals surface area contributed by atoms with Gasteiger partial charge in [0.1, 0.15) is 5.75 Å². The highest BCUT2D eigenvalue weighted by atomic mass is 32.2. The molecule has 1 N–H and O–H groups in total. The van der Waals surface area contributed by atoms with Crippen LogP contribution in [-0.2, 0) is 14.8 Å². The second kappa shape index (κ2) is 10.4. The Bertz CT molecular complexity index is 966. The quantitative estimate of drug-likeness (QED) is 0.686. The zero-order chi connectivity index (χ0) is 21.4. The first kappa shape index (κ1) is 22.1. The number of sulfonamides is 1. The van der Waals surface area contributed by atoms with Crippen molar-refractivity contribution in [3.8, 4) is 5.75 Å². The van der Waals surface area contributed by atoms with Crippen molar-refractivity contribution in [2.45, 2.75) is 26.2 Å². The van der Waals surface area contributed by atoms with Crippen molar-refractivity contribution < 1.29 is 17.9 Å². The summed E-state index contributed by atoms with van der Waals surface area (Å²) in [6.45, 7) is 3.26. The summed E-state index contributed by atoms with van der Waals surface area (Å²) in [4.78, 5) is 12.7. The molecule has 0 bridgehead atoms. The van der Waals surface area contributed by atoms with Crippen LogP contribution in [0.15, 0.2) is 60.0 Å². The minimum atomic E-state index is -3.51.